The SMILES string of the molecule is N#CCc1c(CBr)cnc(C(F)F)c1Cl. The van der Waals surface area contributed by atoms with Crippen LogP contribution in [0, 0.1) is 11.3 Å². The third-order valence-electron chi connectivity index (χ3n) is 1.84. The van der Waals surface area contributed by atoms with E-state index in [1.165, 1.54) is 6.20 Å². The summed E-state index contributed by atoms with van der Waals surface area (Å²) in [7, 11) is 0. The van der Waals surface area contributed by atoms with Crippen molar-refractivity contribution in [2.75, 3.05) is 0 Å². The van der Waals surface area contributed by atoms with Gasteiger partial charge in [0.2, 0.25) is 0 Å². The van der Waals surface area contributed by atoms with Crippen molar-refractivity contribution in [1.82, 2.24) is 4.98 Å². The highest BCUT2D eigenvalue weighted by molar-refractivity contribution is 9.08. The topological polar surface area (TPSA) is 36.7 Å². The quantitative estimate of drug-likeness (QED) is 0.798. The standard InChI is InChI=1S/C9H6BrClF2N2/c10-3-5-4-15-8(9(12)13)7(11)6(5)1-2-14/h4,9H,1,3H2. The summed E-state index contributed by atoms with van der Waals surface area (Å²) in [6.07, 6.45) is -1.41. The van der Waals surface area contributed by atoms with Crippen molar-refractivity contribution in [3.8, 4) is 6.07 Å². The van der Waals surface area contributed by atoms with Gasteiger partial charge < -0.3 is 0 Å². The maximum Gasteiger partial charge on any atom is 0.281 e. The second kappa shape index (κ2) is 5.38. The number of aromatic nitrogens is 1. The molecule has 0 aliphatic carbocycles. The maximum atomic E-state index is 12.4. The summed E-state index contributed by atoms with van der Waals surface area (Å²) in [6.45, 7) is 0. The van der Waals surface area contributed by atoms with Crippen LogP contribution in [0.1, 0.15) is 23.2 Å². The summed E-state index contributed by atoms with van der Waals surface area (Å²) in [5.41, 5.74) is 0.610. The van der Waals surface area contributed by atoms with Gasteiger partial charge in [-0.3, -0.25) is 4.98 Å². The van der Waals surface area contributed by atoms with Gasteiger partial charge in [0.15, 0.2) is 0 Å². The van der Waals surface area contributed by atoms with Gasteiger partial charge in [0.05, 0.1) is 17.5 Å². The van der Waals surface area contributed by atoms with Gasteiger partial charge in [-0.2, -0.15) is 5.26 Å². The van der Waals surface area contributed by atoms with Crippen LogP contribution in [0.3, 0.4) is 0 Å². The molecule has 0 saturated carbocycles. The Bertz CT molecular complexity index is 404. The number of nitriles is 1. The van der Waals surface area contributed by atoms with Crippen LogP contribution in [0.5, 0.6) is 0 Å². The number of nitrogens with zero attached hydrogens (tertiary/aromatic N) is 2. The molecule has 0 N–H and O–H groups in total. The largest absolute Gasteiger partial charge is 0.281 e. The van der Waals surface area contributed by atoms with Gasteiger partial charge in [-0.1, -0.05) is 27.5 Å². The highest BCUT2D eigenvalue weighted by atomic mass is 79.9. The van der Waals surface area contributed by atoms with Gasteiger partial charge in [0, 0.05) is 11.5 Å². The number of hydrogen-bond acceptors (Lipinski definition) is 2. The fraction of sp³-hybridized carbons (Fsp3) is 0.333. The summed E-state index contributed by atoms with van der Waals surface area (Å²) in [5.74, 6) is 0. The van der Waals surface area contributed by atoms with Crippen molar-refractivity contribution in [3.63, 3.8) is 0 Å². The third kappa shape index (κ3) is 2.64. The van der Waals surface area contributed by atoms with E-state index in [0.29, 0.717) is 16.5 Å². The number of alkyl halides is 3. The Morgan fingerprint density at radius 1 is 1.60 bits per heavy atom. The normalized spacial score (nSPS) is 10.4. The van der Waals surface area contributed by atoms with E-state index in [1.807, 2.05) is 6.07 Å². The predicted octanol–water partition coefficient (Wildman–Crippen LogP) is 3.63. The molecule has 0 atom stereocenters. The third-order valence-corrected chi connectivity index (χ3v) is 2.87. The number of halogens is 4. The van der Waals surface area contributed by atoms with E-state index in [4.69, 9.17) is 16.9 Å². The molecule has 0 unspecified atom stereocenters. The molecule has 1 heterocycles. The van der Waals surface area contributed by atoms with Crippen molar-refractivity contribution in [2.24, 2.45) is 0 Å². The lowest BCUT2D eigenvalue weighted by molar-refractivity contribution is 0.146. The van der Waals surface area contributed by atoms with E-state index < -0.39 is 12.1 Å². The van der Waals surface area contributed by atoms with Crippen molar-refractivity contribution in [2.45, 2.75) is 18.2 Å². The minimum atomic E-state index is -2.72. The molecule has 80 valence electrons. The highest BCUT2D eigenvalue weighted by Gasteiger charge is 2.18. The lowest BCUT2D eigenvalue weighted by Gasteiger charge is -2.09. The van der Waals surface area contributed by atoms with E-state index in [-0.39, 0.29) is 11.4 Å². The molecule has 0 aliphatic heterocycles. The van der Waals surface area contributed by atoms with Gasteiger partial charge in [0.1, 0.15) is 5.69 Å². The number of hydrogen-bond donors (Lipinski definition) is 0. The van der Waals surface area contributed by atoms with Crippen LogP contribution >= 0.6 is 27.5 Å². The van der Waals surface area contributed by atoms with Crippen LogP contribution in [0.25, 0.3) is 0 Å². The monoisotopic (exact) mass is 294 g/mol. The van der Waals surface area contributed by atoms with Gasteiger partial charge in [-0.15, -0.1) is 0 Å². The van der Waals surface area contributed by atoms with Crippen LogP contribution < -0.4 is 0 Å². The van der Waals surface area contributed by atoms with Crippen LogP contribution in [-0.2, 0) is 11.8 Å². The first-order valence-corrected chi connectivity index (χ1v) is 5.49. The molecule has 0 fully saturated rings. The van der Waals surface area contributed by atoms with Crippen molar-refractivity contribution < 1.29 is 8.78 Å². The zero-order valence-corrected chi connectivity index (χ0v) is 9.82. The minimum absolute atomic E-state index is 0.00199. The second-order valence-electron chi connectivity index (χ2n) is 2.73. The average molecular weight is 296 g/mol. The summed E-state index contributed by atoms with van der Waals surface area (Å²) in [4.78, 5) is 3.57. The lowest BCUT2D eigenvalue weighted by atomic mass is 10.1. The van der Waals surface area contributed by atoms with Crippen LogP contribution in [0.4, 0.5) is 8.78 Å². The summed E-state index contributed by atoms with van der Waals surface area (Å²) >= 11 is 8.93. The zero-order valence-electron chi connectivity index (χ0n) is 7.48. The van der Waals surface area contributed by atoms with Gasteiger partial charge in [0.25, 0.3) is 6.43 Å². The maximum absolute atomic E-state index is 12.4. The first-order valence-electron chi connectivity index (χ1n) is 3.99. The summed E-state index contributed by atoms with van der Waals surface area (Å²) < 4.78 is 24.9. The van der Waals surface area contributed by atoms with Crippen LogP contribution in [0.2, 0.25) is 5.02 Å². The smallest absolute Gasteiger partial charge is 0.253 e. The van der Waals surface area contributed by atoms with Crippen LogP contribution in [-0.4, -0.2) is 4.98 Å². The van der Waals surface area contributed by atoms with Gasteiger partial charge >= 0.3 is 0 Å². The molecule has 0 amide bonds. The van der Waals surface area contributed by atoms with Crippen molar-refractivity contribution in [3.05, 3.63) is 28.0 Å². The molecule has 6 heteroatoms. The number of rotatable bonds is 3. The Labute approximate surface area is 99.0 Å². The number of pyridine rings is 1. The van der Waals surface area contributed by atoms with Crippen LogP contribution in [0.15, 0.2) is 6.20 Å². The molecular weight excluding hydrogens is 289 g/mol. The lowest BCUT2D eigenvalue weighted by Crippen LogP contribution is -2.00. The molecule has 0 aliphatic rings. The molecule has 1 rings (SSSR count). The average Bonchev–Trinajstić information content (AvgIpc) is 2.20. The molecule has 1 aromatic rings. The van der Waals surface area contributed by atoms with Crippen molar-refractivity contribution >= 4 is 27.5 Å². The molecule has 0 saturated heterocycles. The van der Waals surface area contributed by atoms with E-state index >= 15 is 0 Å². The second-order valence-corrected chi connectivity index (χ2v) is 3.67. The van der Waals surface area contributed by atoms with Crippen molar-refractivity contribution in [1.29, 1.82) is 5.26 Å². The molecule has 0 radical (unpaired) electrons. The Kier molecular flexibility index (Phi) is 4.43. The Morgan fingerprint density at radius 2 is 2.27 bits per heavy atom. The first-order chi connectivity index (χ1) is 7.11. The molecule has 2 nitrogen and oxygen atoms in total. The summed E-state index contributed by atoms with van der Waals surface area (Å²) in [5, 5.41) is 8.88. The Balaban J connectivity index is 3.30. The Morgan fingerprint density at radius 3 is 2.73 bits per heavy atom. The molecule has 0 aromatic carbocycles. The zero-order chi connectivity index (χ0) is 11.4. The first kappa shape index (κ1) is 12.3. The fourth-order valence-electron chi connectivity index (χ4n) is 1.12. The Hall–Kier alpha value is -0.730. The molecule has 1 aromatic heterocycles. The van der Waals surface area contributed by atoms with E-state index in [9.17, 15) is 8.78 Å². The van der Waals surface area contributed by atoms with E-state index in [2.05, 4.69) is 20.9 Å². The molecule has 0 spiro atoms. The molecule has 15 heavy (non-hydrogen) atoms. The highest BCUT2D eigenvalue weighted by Crippen LogP contribution is 2.30. The fourth-order valence-corrected chi connectivity index (χ4v) is 1.92. The minimum Gasteiger partial charge on any atom is -0.253 e. The molecular formula is C9H6BrClF2N2. The summed E-state index contributed by atoms with van der Waals surface area (Å²) in [6, 6.07) is 1.89. The van der Waals surface area contributed by atoms with E-state index in [1.54, 1.807) is 0 Å². The van der Waals surface area contributed by atoms with Gasteiger partial charge in [-0.05, 0) is 11.1 Å². The predicted molar refractivity (Wildman–Crippen MR) is 56.2 cm³/mol. The van der Waals surface area contributed by atoms with Gasteiger partial charge in [-0.25, -0.2) is 8.78 Å². The van der Waals surface area contributed by atoms with E-state index in [0.717, 1.165) is 0 Å². The molecule has 0 bridgehead atoms.